The molecule has 0 amide bonds. The van der Waals surface area contributed by atoms with Crippen LogP contribution in [0.5, 0.6) is 0 Å². The molecule has 4 nitrogen and oxygen atoms in total. The maximum absolute atomic E-state index is 13.0. The normalized spacial score (nSPS) is 16.2. The van der Waals surface area contributed by atoms with Gasteiger partial charge in [0.1, 0.15) is 5.82 Å². The number of rotatable bonds is 3. The Hall–Kier alpha value is -3.22. The molecule has 7 heteroatoms. The zero-order valence-corrected chi connectivity index (χ0v) is 17.5. The van der Waals surface area contributed by atoms with Crippen LogP contribution in [0.2, 0.25) is 0 Å². The fourth-order valence-electron chi connectivity index (χ4n) is 4.00. The van der Waals surface area contributed by atoms with Gasteiger partial charge in [0.2, 0.25) is 11.6 Å². The Bertz CT molecular complexity index is 1140. The Labute approximate surface area is 178 Å². The number of halogens is 3. The second-order valence-corrected chi connectivity index (χ2v) is 7.80. The summed E-state index contributed by atoms with van der Waals surface area (Å²) >= 11 is 0. The van der Waals surface area contributed by atoms with Crippen molar-refractivity contribution in [2.24, 2.45) is 0 Å². The third-order valence-corrected chi connectivity index (χ3v) is 5.91. The average molecular weight is 425 g/mol. The van der Waals surface area contributed by atoms with E-state index in [1.54, 1.807) is 0 Å². The van der Waals surface area contributed by atoms with Gasteiger partial charge in [0.15, 0.2) is 0 Å². The van der Waals surface area contributed by atoms with E-state index in [1.165, 1.54) is 23.3 Å². The van der Waals surface area contributed by atoms with Crippen LogP contribution in [-0.2, 0) is 12.6 Å². The van der Waals surface area contributed by atoms with Gasteiger partial charge in [-0.05, 0) is 50.5 Å². The summed E-state index contributed by atoms with van der Waals surface area (Å²) in [4.78, 5) is 24.0. The molecule has 0 radical (unpaired) electrons. The molecule has 0 spiro atoms. The molecule has 0 saturated heterocycles. The maximum atomic E-state index is 13.0. The number of hydrogen-bond donors (Lipinski definition) is 0. The Morgan fingerprint density at radius 2 is 1.71 bits per heavy atom. The summed E-state index contributed by atoms with van der Waals surface area (Å²) in [6.07, 6.45) is -3.59. The third-order valence-electron chi connectivity index (χ3n) is 5.91. The van der Waals surface area contributed by atoms with Crippen molar-refractivity contribution >= 4 is 11.6 Å². The van der Waals surface area contributed by atoms with E-state index in [1.807, 2.05) is 26.0 Å². The minimum absolute atomic E-state index is 0.0103. The first-order valence-corrected chi connectivity index (χ1v) is 10.1. The van der Waals surface area contributed by atoms with Gasteiger partial charge in [0.25, 0.3) is 0 Å². The number of nitrogens with zero attached hydrogens (tertiary/aromatic N) is 3. The van der Waals surface area contributed by atoms with Gasteiger partial charge in [0.05, 0.1) is 11.6 Å². The molecule has 31 heavy (non-hydrogen) atoms. The second-order valence-electron chi connectivity index (χ2n) is 7.80. The molecule has 0 N–H and O–H groups in total. The van der Waals surface area contributed by atoms with Crippen molar-refractivity contribution in [3.05, 3.63) is 87.9 Å². The molecule has 0 aliphatic carbocycles. The van der Waals surface area contributed by atoms with E-state index >= 15 is 0 Å². The van der Waals surface area contributed by atoms with Crippen LogP contribution in [0.15, 0.2) is 48.5 Å². The summed E-state index contributed by atoms with van der Waals surface area (Å²) in [6, 6.07) is 12.5. The highest BCUT2D eigenvalue weighted by molar-refractivity contribution is 6.06. The molecule has 1 aliphatic rings. The molecule has 0 saturated carbocycles. The molecule has 1 atom stereocenters. The molecular formula is C24H22F3N3O. The summed E-state index contributed by atoms with van der Waals surface area (Å²) in [7, 11) is 0. The number of fused-ring (bicyclic) bond motifs is 1. The Kier molecular flexibility index (Phi) is 5.29. The molecule has 0 bridgehead atoms. The van der Waals surface area contributed by atoms with Gasteiger partial charge in [-0.2, -0.15) is 13.2 Å². The van der Waals surface area contributed by atoms with Crippen molar-refractivity contribution in [1.82, 2.24) is 9.97 Å². The quantitative estimate of drug-likeness (QED) is 0.523. The highest BCUT2D eigenvalue weighted by Gasteiger charge is 2.31. The summed E-state index contributed by atoms with van der Waals surface area (Å²) in [5.41, 5.74) is 3.41. The first kappa shape index (κ1) is 21.0. The van der Waals surface area contributed by atoms with E-state index in [0.717, 1.165) is 30.7 Å². The Morgan fingerprint density at radius 3 is 2.39 bits per heavy atom. The van der Waals surface area contributed by atoms with Gasteiger partial charge in [-0.15, -0.1) is 0 Å². The number of carbonyl (C=O) groups excluding carboxylic acids is 1. The van der Waals surface area contributed by atoms with Gasteiger partial charge in [-0.1, -0.05) is 36.4 Å². The van der Waals surface area contributed by atoms with E-state index in [0.29, 0.717) is 11.5 Å². The standard InChI is InChI=1S/C24H22F3N3O/c1-14-15(2)28-22(21(31)18-8-10-19(11-9-18)24(25,26)27)29-23(14)30-13-12-17-6-4-5-7-20(17)16(30)3/h4-11,16H,12-13H2,1-3H3. The van der Waals surface area contributed by atoms with Crippen LogP contribution in [0.25, 0.3) is 0 Å². The van der Waals surface area contributed by atoms with Gasteiger partial charge in [-0.25, -0.2) is 9.97 Å². The molecule has 1 aliphatic heterocycles. The van der Waals surface area contributed by atoms with Crippen LogP contribution < -0.4 is 4.90 Å². The zero-order chi connectivity index (χ0) is 22.3. The number of hydrogen-bond acceptors (Lipinski definition) is 4. The van der Waals surface area contributed by atoms with Crippen molar-refractivity contribution in [2.45, 2.75) is 39.4 Å². The SMILES string of the molecule is Cc1nc(C(=O)c2ccc(C(F)(F)F)cc2)nc(N2CCc3ccccc3C2C)c1C. The van der Waals surface area contributed by atoms with Gasteiger partial charge in [0, 0.05) is 23.4 Å². The number of ketones is 1. The van der Waals surface area contributed by atoms with Crippen LogP contribution in [0, 0.1) is 13.8 Å². The van der Waals surface area contributed by atoms with E-state index in [2.05, 4.69) is 33.9 Å². The molecule has 160 valence electrons. The smallest absolute Gasteiger partial charge is 0.349 e. The van der Waals surface area contributed by atoms with Gasteiger partial charge >= 0.3 is 6.18 Å². The average Bonchev–Trinajstić information content (AvgIpc) is 2.75. The minimum Gasteiger partial charge on any atom is -0.349 e. The van der Waals surface area contributed by atoms with Crippen LogP contribution >= 0.6 is 0 Å². The molecule has 3 aromatic rings. The first-order chi connectivity index (χ1) is 14.7. The summed E-state index contributed by atoms with van der Waals surface area (Å²) in [6.45, 7) is 6.59. The molecule has 2 aromatic carbocycles. The summed E-state index contributed by atoms with van der Waals surface area (Å²) in [5.74, 6) is 0.178. The predicted octanol–water partition coefficient (Wildman–Crippen LogP) is 5.47. The van der Waals surface area contributed by atoms with Crippen LogP contribution in [0.3, 0.4) is 0 Å². The molecule has 0 fully saturated rings. The van der Waals surface area contributed by atoms with Crippen molar-refractivity contribution in [3.63, 3.8) is 0 Å². The summed E-state index contributed by atoms with van der Waals surface area (Å²) in [5, 5.41) is 0. The van der Waals surface area contributed by atoms with E-state index in [9.17, 15) is 18.0 Å². The lowest BCUT2D eigenvalue weighted by Gasteiger charge is -2.37. The van der Waals surface area contributed by atoms with Gasteiger partial charge in [-0.3, -0.25) is 4.79 Å². The van der Waals surface area contributed by atoms with Gasteiger partial charge < -0.3 is 4.90 Å². The topological polar surface area (TPSA) is 46.1 Å². The number of aryl methyl sites for hydroxylation is 1. The van der Waals surface area contributed by atoms with Crippen molar-refractivity contribution < 1.29 is 18.0 Å². The number of carbonyl (C=O) groups is 1. The lowest BCUT2D eigenvalue weighted by molar-refractivity contribution is -0.137. The summed E-state index contributed by atoms with van der Waals surface area (Å²) < 4.78 is 38.5. The largest absolute Gasteiger partial charge is 0.416 e. The minimum atomic E-state index is -4.45. The van der Waals surface area contributed by atoms with E-state index in [4.69, 9.17) is 0 Å². The third kappa shape index (κ3) is 3.92. The number of anilines is 1. The Morgan fingerprint density at radius 1 is 1.03 bits per heavy atom. The van der Waals surface area contributed by atoms with E-state index in [-0.39, 0.29) is 17.4 Å². The first-order valence-electron chi connectivity index (χ1n) is 10.1. The highest BCUT2D eigenvalue weighted by Crippen LogP contribution is 2.35. The maximum Gasteiger partial charge on any atom is 0.416 e. The van der Waals surface area contributed by atoms with Crippen LogP contribution in [0.4, 0.5) is 19.0 Å². The number of alkyl halides is 3. The Balaban J connectivity index is 1.70. The number of aromatic nitrogens is 2. The van der Waals surface area contributed by atoms with Crippen molar-refractivity contribution in [2.75, 3.05) is 11.4 Å². The number of benzene rings is 2. The predicted molar refractivity (Wildman–Crippen MR) is 112 cm³/mol. The van der Waals surface area contributed by atoms with Crippen molar-refractivity contribution in [1.29, 1.82) is 0 Å². The monoisotopic (exact) mass is 425 g/mol. The lowest BCUT2D eigenvalue weighted by Crippen LogP contribution is -2.35. The molecule has 4 rings (SSSR count). The van der Waals surface area contributed by atoms with E-state index < -0.39 is 17.5 Å². The zero-order valence-electron chi connectivity index (χ0n) is 17.5. The lowest BCUT2D eigenvalue weighted by atomic mass is 9.93. The van der Waals surface area contributed by atoms with Crippen LogP contribution in [0.1, 0.15) is 57.1 Å². The highest BCUT2D eigenvalue weighted by atomic mass is 19.4. The fourth-order valence-corrected chi connectivity index (χ4v) is 4.00. The second kappa shape index (κ2) is 7.80. The molecule has 2 heterocycles. The molecular weight excluding hydrogens is 403 g/mol. The molecule has 1 aromatic heterocycles. The van der Waals surface area contributed by atoms with Crippen molar-refractivity contribution in [3.8, 4) is 0 Å². The molecule has 1 unspecified atom stereocenters. The fraction of sp³-hybridized carbons (Fsp3) is 0.292. The van der Waals surface area contributed by atoms with Crippen LogP contribution in [-0.4, -0.2) is 22.3 Å².